The van der Waals surface area contributed by atoms with Crippen molar-refractivity contribution in [2.75, 3.05) is 13.3 Å². The van der Waals surface area contributed by atoms with Crippen molar-refractivity contribution in [2.45, 2.75) is 38.1 Å². The highest BCUT2D eigenvalue weighted by molar-refractivity contribution is 7.99. The first kappa shape index (κ1) is 27.6. The summed E-state index contributed by atoms with van der Waals surface area (Å²) in [7, 11) is 1.52. The van der Waals surface area contributed by atoms with Crippen LogP contribution in [0.2, 0.25) is 0 Å². The molecule has 4 nitrogen and oxygen atoms in total. The highest BCUT2D eigenvalue weighted by atomic mass is 32.2. The average molecular weight is 530 g/mol. The van der Waals surface area contributed by atoms with Gasteiger partial charge in [-0.25, -0.2) is 4.99 Å². The van der Waals surface area contributed by atoms with Crippen LogP contribution in [-0.4, -0.2) is 29.9 Å². The van der Waals surface area contributed by atoms with E-state index in [-0.39, 0.29) is 17.5 Å². The summed E-state index contributed by atoms with van der Waals surface area (Å²) in [6.45, 7) is 5.16. The molecule has 2 aromatic rings. The lowest BCUT2D eigenvalue weighted by molar-refractivity contribution is -0.143. The molecular weight excluding hydrogens is 504 g/mol. The van der Waals surface area contributed by atoms with Crippen molar-refractivity contribution in [1.29, 1.82) is 0 Å². The van der Waals surface area contributed by atoms with Gasteiger partial charge in [0.15, 0.2) is 0 Å². The predicted molar refractivity (Wildman–Crippen MR) is 129 cm³/mol. The fraction of sp³-hybridized carbons (Fsp3) is 0.360. The Morgan fingerprint density at radius 3 is 2.06 bits per heavy atom. The Bertz CT molecular complexity index is 1190. The summed E-state index contributed by atoms with van der Waals surface area (Å²) < 4.78 is 81.6. The molecule has 1 aliphatic rings. The Hall–Kier alpha value is -2.95. The third-order valence-electron chi connectivity index (χ3n) is 5.77. The van der Waals surface area contributed by atoms with Crippen LogP contribution in [0.4, 0.5) is 26.3 Å². The van der Waals surface area contributed by atoms with E-state index in [1.54, 1.807) is 32.2 Å². The van der Waals surface area contributed by atoms with E-state index in [0.29, 0.717) is 23.3 Å². The van der Waals surface area contributed by atoms with E-state index in [1.807, 2.05) is 19.1 Å². The van der Waals surface area contributed by atoms with E-state index >= 15 is 0 Å². The number of thioether (sulfide) groups is 1. The second kappa shape index (κ2) is 9.84. The minimum Gasteiger partial charge on any atom is -0.344 e. The second-order valence-electron chi connectivity index (χ2n) is 8.68. The molecule has 0 bridgehead atoms. The van der Waals surface area contributed by atoms with E-state index in [4.69, 9.17) is 0 Å². The second-order valence-corrected chi connectivity index (χ2v) is 9.66. The number of alkyl halides is 6. The Labute approximate surface area is 209 Å². The van der Waals surface area contributed by atoms with Crippen LogP contribution in [0.5, 0.6) is 0 Å². The van der Waals surface area contributed by atoms with Crippen molar-refractivity contribution in [3.63, 3.8) is 0 Å². The van der Waals surface area contributed by atoms with Crippen LogP contribution in [-0.2, 0) is 22.1 Å². The number of aryl methyl sites for hydroxylation is 1. The Kier molecular flexibility index (Phi) is 7.55. The fourth-order valence-corrected chi connectivity index (χ4v) is 4.66. The highest BCUT2D eigenvalue weighted by Gasteiger charge is 2.44. The van der Waals surface area contributed by atoms with Gasteiger partial charge in [0.25, 0.3) is 0 Å². The number of hydrogen-bond acceptors (Lipinski definition) is 4. The van der Waals surface area contributed by atoms with Crippen molar-refractivity contribution in [3.05, 3.63) is 76.5 Å². The normalized spacial score (nSPS) is 18.7. The highest BCUT2D eigenvalue weighted by Crippen LogP contribution is 2.47. The summed E-state index contributed by atoms with van der Waals surface area (Å²) in [5, 5.41) is 2.72. The quantitative estimate of drug-likeness (QED) is 0.451. The minimum atomic E-state index is -5.01. The minimum absolute atomic E-state index is 0.0569. The third kappa shape index (κ3) is 5.40. The number of amides is 1. The maximum atomic E-state index is 13.6. The van der Waals surface area contributed by atoms with Gasteiger partial charge in [-0.15, -0.1) is 11.8 Å². The number of nitrogens with one attached hydrogen (secondary N) is 1. The van der Waals surface area contributed by atoms with Gasteiger partial charge in [-0.3, -0.25) is 4.79 Å². The molecule has 0 spiro atoms. The molecule has 1 amide bonds. The molecule has 194 valence electrons. The summed E-state index contributed by atoms with van der Waals surface area (Å²) in [5.41, 5.74) is -1.16. The standard InChI is InChI=1S/C25H25F6N3OS/c1-14(2)22(35)32-21-20(19-9-7-6-8-15(19)3)13-34(4)25(33-21,36-5)18-11-16(23(26,27)28)10-17(12-18)24(29,30)31/h6-14H,1-5H3,(H,32,33,35). The van der Waals surface area contributed by atoms with Gasteiger partial charge in [0, 0.05) is 30.3 Å². The van der Waals surface area contributed by atoms with Crippen molar-refractivity contribution in [1.82, 2.24) is 10.2 Å². The summed E-state index contributed by atoms with van der Waals surface area (Å²) >= 11 is 0.942. The Balaban J connectivity index is 2.30. The van der Waals surface area contributed by atoms with Crippen molar-refractivity contribution in [2.24, 2.45) is 10.9 Å². The van der Waals surface area contributed by atoms with Gasteiger partial charge < -0.3 is 10.2 Å². The molecule has 0 radical (unpaired) electrons. The maximum Gasteiger partial charge on any atom is 0.416 e. The van der Waals surface area contributed by atoms with Gasteiger partial charge in [0.2, 0.25) is 10.9 Å². The van der Waals surface area contributed by atoms with Crippen molar-refractivity contribution in [3.8, 4) is 0 Å². The molecule has 1 atom stereocenters. The predicted octanol–water partition coefficient (Wildman–Crippen LogP) is 6.66. The number of hydrogen-bond donors (Lipinski definition) is 1. The molecule has 11 heteroatoms. The largest absolute Gasteiger partial charge is 0.416 e. The van der Waals surface area contributed by atoms with Crippen molar-refractivity contribution < 1.29 is 31.1 Å². The van der Waals surface area contributed by atoms with Gasteiger partial charge in [-0.1, -0.05) is 38.1 Å². The Morgan fingerprint density at radius 1 is 1.03 bits per heavy atom. The SMILES string of the molecule is CSC1(c2cc(C(F)(F)F)cc(C(F)(F)F)c2)N=C(NC(=O)C(C)C)C(c2ccccc2C)=CN1C. The molecule has 0 aromatic heterocycles. The lowest BCUT2D eigenvalue weighted by Gasteiger charge is -2.41. The smallest absolute Gasteiger partial charge is 0.344 e. The molecule has 1 aliphatic heterocycles. The van der Waals surface area contributed by atoms with E-state index in [2.05, 4.69) is 10.3 Å². The summed E-state index contributed by atoms with van der Waals surface area (Å²) in [4.78, 5) is 17.0. The van der Waals surface area contributed by atoms with Gasteiger partial charge in [0.1, 0.15) is 5.84 Å². The van der Waals surface area contributed by atoms with Crippen LogP contribution in [0.1, 0.15) is 41.7 Å². The van der Waals surface area contributed by atoms with Crippen LogP contribution in [0.25, 0.3) is 5.57 Å². The van der Waals surface area contributed by atoms with Gasteiger partial charge in [0.05, 0.1) is 11.1 Å². The number of carbonyl (C=O) groups is 1. The zero-order valence-corrected chi connectivity index (χ0v) is 21.0. The average Bonchev–Trinajstić information content (AvgIpc) is 2.79. The summed E-state index contributed by atoms with van der Waals surface area (Å²) in [6.07, 6.45) is -6.91. The van der Waals surface area contributed by atoms with E-state index in [1.165, 1.54) is 18.2 Å². The molecule has 36 heavy (non-hydrogen) atoms. The molecule has 0 saturated heterocycles. The fourth-order valence-electron chi connectivity index (χ4n) is 3.78. The lowest BCUT2D eigenvalue weighted by Crippen LogP contribution is -2.45. The van der Waals surface area contributed by atoms with E-state index in [9.17, 15) is 31.1 Å². The number of rotatable bonds is 4. The molecule has 1 N–H and O–H groups in total. The number of benzene rings is 2. The Morgan fingerprint density at radius 2 is 1.58 bits per heavy atom. The van der Waals surface area contributed by atoms with Crippen LogP contribution in [0.15, 0.2) is 53.7 Å². The monoisotopic (exact) mass is 529 g/mol. The number of carbonyl (C=O) groups excluding carboxylic acids is 1. The first-order chi connectivity index (χ1) is 16.6. The summed E-state index contributed by atoms with van der Waals surface area (Å²) in [6, 6.07) is 8.66. The van der Waals surface area contributed by atoms with Crippen LogP contribution >= 0.6 is 11.8 Å². The molecule has 0 aliphatic carbocycles. The van der Waals surface area contributed by atoms with Crippen molar-refractivity contribution >= 4 is 29.1 Å². The zero-order valence-electron chi connectivity index (χ0n) is 20.2. The molecular formula is C25H25F6N3OS. The van der Waals surface area contributed by atoms with E-state index < -0.39 is 40.3 Å². The number of amidine groups is 1. The zero-order chi connectivity index (χ0) is 27.1. The molecule has 3 rings (SSSR count). The number of aliphatic imine (C=N–C) groups is 1. The molecule has 0 saturated carbocycles. The number of nitrogens with zero attached hydrogens (tertiary/aromatic N) is 2. The van der Waals surface area contributed by atoms with Gasteiger partial charge in [-0.2, -0.15) is 26.3 Å². The third-order valence-corrected chi connectivity index (χ3v) is 6.95. The van der Waals surface area contributed by atoms with E-state index in [0.717, 1.165) is 17.3 Å². The molecule has 2 aromatic carbocycles. The van der Waals surface area contributed by atoms with Gasteiger partial charge >= 0.3 is 12.4 Å². The van der Waals surface area contributed by atoms with Crippen LogP contribution in [0.3, 0.4) is 0 Å². The first-order valence-corrected chi connectivity index (χ1v) is 12.1. The molecule has 1 heterocycles. The topological polar surface area (TPSA) is 44.7 Å². The molecule has 1 unspecified atom stereocenters. The first-order valence-electron chi connectivity index (χ1n) is 10.9. The maximum absolute atomic E-state index is 13.6. The van der Waals surface area contributed by atoms with Crippen LogP contribution < -0.4 is 5.32 Å². The lowest BCUT2D eigenvalue weighted by atomic mass is 9.97. The summed E-state index contributed by atoms with van der Waals surface area (Å²) in [5.74, 6) is -0.784. The van der Waals surface area contributed by atoms with Gasteiger partial charge in [-0.05, 0) is 42.5 Å². The molecule has 0 fully saturated rings. The van der Waals surface area contributed by atoms with Crippen LogP contribution in [0, 0.1) is 12.8 Å². The number of halogens is 6.